The minimum Gasteiger partial charge on any atom is -0.427 e. The summed E-state index contributed by atoms with van der Waals surface area (Å²) in [6, 6.07) is 6.55. The Balaban J connectivity index is 1.46. The summed E-state index contributed by atoms with van der Waals surface area (Å²) in [5, 5.41) is 0. The number of carbonyl (C=O) groups is 3. The number of allylic oxidation sites excluding steroid dienone is 2. The Kier molecular flexibility index (Phi) is 2.53. The molecule has 1 aliphatic heterocycles. The molecule has 1 aromatic carbocycles. The molecule has 1 aromatic rings. The van der Waals surface area contributed by atoms with E-state index in [0.717, 1.165) is 12.8 Å². The Morgan fingerprint density at radius 3 is 2.04 bits per heavy atom. The zero-order chi connectivity index (χ0) is 16.6. The van der Waals surface area contributed by atoms with Crippen LogP contribution in [0.3, 0.4) is 0 Å². The number of imide groups is 1. The molecule has 2 saturated carbocycles. The maximum absolute atomic E-state index is 13.0. The fourth-order valence-electron chi connectivity index (χ4n) is 5.16. The molecule has 0 aromatic heterocycles. The topological polar surface area (TPSA) is 63.7 Å². The Morgan fingerprint density at radius 1 is 1.04 bits per heavy atom. The van der Waals surface area contributed by atoms with Crippen molar-refractivity contribution in [2.24, 2.45) is 29.1 Å². The molecule has 4 atom stereocenters. The van der Waals surface area contributed by atoms with Crippen LogP contribution in [0, 0.1) is 29.1 Å². The van der Waals surface area contributed by atoms with Crippen LogP contribution in [0.5, 0.6) is 5.75 Å². The summed E-state index contributed by atoms with van der Waals surface area (Å²) < 4.78 is 5.00. The molecule has 5 rings (SSSR count). The first-order valence-electron chi connectivity index (χ1n) is 8.37. The van der Waals surface area contributed by atoms with Crippen molar-refractivity contribution in [3.05, 3.63) is 36.4 Å². The van der Waals surface area contributed by atoms with Crippen LogP contribution < -0.4 is 9.64 Å². The van der Waals surface area contributed by atoms with E-state index in [9.17, 15) is 14.4 Å². The number of nitrogens with zero attached hydrogens (tertiary/aromatic N) is 1. The van der Waals surface area contributed by atoms with Gasteiger partial charge in [0.15, 0.2) is 0 Å². The van der Waals surface area contributed by atoms with Gasteiger partial charge >= 0.3 is 5.97 Å². The van der Waals surface area contributed by atoms with Gasteiger partial charge in [0.25, 0.3) is 0 Å². The summed E-state index contributed by atoms with van der Waals surface area (Å²) in [5.74, 6) is -0.0660. The van der Waals surface area contributed by atoms with Crippen LogP contribution in [0.1, 0.15) is 19.8 Å². The van der Waals surface area contributed by atoms with E-state index in [-0.39, 0.29) is 40.9 Å². The van der Waals surface area contributed by atoms with Crippen molar-refractivity contribution in [2.45, 2.75) is 19.8 Å². The third-order valence-corrected chi connectivity index (χ3v) is 6.21. The zero-order valence-corrected chi connectivity index (χ0v) is 13.3. The number of fused-ring (bicyclic) bond motifs is 3. The summed E-state index contributed by atoms with van der Waals surface area (Å²) in [7, 11) is 0. The average Bonchev–Trinajstić information content (AvgIpc) is 3.14. The number of hydrogen-bond donors (Lipinski definition) is 0. The molecular weight excluding hydrogens is 306 g/mol. The molecular formula is C19H17NO4. The van der Waals surface area contributed by atoms with Crippen LogP contribution in [0.15, 0.2) is 36.4 Å². The first-order chi connectivity index (χ1) is 11.5. The van der Waals surface area contributed by atoms with Crippen molar-refractivity contribution in [1.29, 1.82) is 0 Å². The normalized spacial score (nSPS) is 34.1. The first kappa shape index (κ1) is 14.0. The van der Waals surface area contributed by atoms with Crippen molar-refractivity contribution in [1.82, 2.24) is 0 Å². The second-order valence-electron chi connectivity index (χ2n) is 7.32. The van der Waals surface area contributed by atoms with Gasteiger partial charge in [0, 0.05) is 6.92 Å². The van der Waals surface area contributed by atoms with Gasteiger partial charge in [-0.2, -0.15) is 0 Å². The number of benzene rings is 1. The molecule has 1 spiro atoms. The van der Waals surface area contributed by atoms with Crippen LogP contribution >= 0.6 is 0 Å². The van der Waals surface area contributed by atoms with Crippen LogP contribution in [0.4, 0.5) is 5.69 Å². The Morgan fingerprint density at radius 2 is 1.58 bits per heavy atom. The fourth-order valence-corrected chi connectivity index (χ4v) is 5.16. The molecule has 5 heteroatoms. The number of rotatable bonds is 2. The predicted octanol–water partition coefficient (Wildman–Crippen LogP) is 2.31. The minimum atomic E-state index is -0.400. The van der Waals surface area contributed by atoms with Gasteiger partial charge in [-0.1, -0.05) is 12.2 Å². The molecule has 1 saturated heterocycles. The standard InChI is InChI=1S/C19H17NO4/c1-10(21)24-12-4-2-11(3-5-12)20-17(22)15-13-6-7-14(16(15)18(20)23)19(13)8-9-19/h2-7,13-16H,8-9H2,1H3/t13-,14+,15-,16+. The number of carbonyl (C=O) groups excluding carboxylic acids is 3. The van der Waals surface area contributed by atoms with Crippen molar-refractivity contribution in [2.75, 3.05) is 4.90 Å². The lowest BCUT2D eigenvalue weighted by molar-refractivity contribution is -0.132. The molecule has 3 aliphatic carbocycles. The lowest BCUT2D eigenvalue weighted by Crippen LogP contribution is -2.34. The Labute approximate surface area is 139 Å². The molecule has 1 heterocycles. The summed E-state index contributed by atoms with van der Waals surface area (Å²) >= 11 is 0. The van der Waals surface area contributed by atoms with Gasteiger partial charge in [-0.15, -0.1) is 0 Å². The third-order valence-electron chi connectivity index (χ3n) is 6.21. The van der Waals surface area contributed by atoms with Crippen molar-refractivity contribution in [3.8, 4) is 5.75 Å². The molecule has 2 bridgehead atoms. The molecule has 24 heavy (non-hydrogen) atoms. The summed E-state index contributed by atoms with van der Waals surface area (Å²) in [6.07, 6.45) is 6.61. The molecule has 0 radical (unpaired) electrons. The second kappa shape index (κ2) is 4.35. The number of amides is 2. The molecule has 3 fully saturated rings. The average molecular weight is 323 g/mol. The maximum Gasteiger partial charge on any atom is 0.308 e. The van der Waals surface area contributed by atoms with Gasteiger partial charge in [0.1, 0.15) is 5.75 Å². The quantitative estimate of drug-likeness (QED) is 0.363. The lowest BCUT2D eigenvalue weighted by atomic mass is 9.85. The van der Waals surface area contributed by atoms with E-state index in [1.165, 1.54) is 11.8 Å². The van der Waals surface area contributed by atoms with E-state index in [1.807, 2.05) is 0 Å². The van der Waals surface area contributed by atoms with Gasteiger partial charge in [-0.3, -0.25) is 19.3 Å². The largest absolute Gasteiger partial charge is 0.427 e. The van der Waals surface area contributed by atoms with Crippen molar-refractivity contribution >= 4 is 23.5 Å². The van der Waals surface area contributed by atoms with E-state index in [2.05, 4.69) is 12.2 Å². The highest BCUT2D eigenvalue weighted by atomic mass is 16.5. The van der Waals surface area contributed by atoms with Crippen LogP contribution in [-0.4, -0.2) is 17.8 Å². The van der Waals surface area contributed by atoms with Gasteiger partial charge in [-0.25, -0.2) is 0 Å². The van der Waals surface area contributed by atoms with Crippen LogP contribution in [0.2, 0.25) is 0 Å². The number of esters is 1. The highest BCUT2D eigenvalue weighted by molar-refractivity contribution is 6.23. The Bertz CT molecular complexity index is 771. The summed E-state index contributed by atoms with van der Waals surface area (Å²) in [5.41, 5.74) is 0.769. The highest BCUT2D eigenvalue weighted by Gasteiger charge is 2.73. The second-order valence-corrected chi connectivity index (χ2v) is 7.32. The lowest BCUT2D eigenvalue weighted by Gasteiger charge is -2.21. The van der Waals surface area contributed by atoms with Gasteiger partial charge in [0.05, 0.1) is 17.5 Å². The molecule has 4 aliphatic rings. The smallest absolute Gasteiger partial charge is 0.308 e. The van der Waals surface area contributed by atoms with Crippen LogP contribution in [-0.2, 0) is 14.4 Å². The first-order valence-corrected chi connectivity index (χ1v) is 8.37. The molecule has 0 N–H and O–H groups in total. The number of hydrogen-bond acceptors (Lipinski definition) is 4. The highest BCUT2D eigenvalue weighted by Crippen LogP contribution is 2.73. The number of ether oxygens (including phenoxy) is 1. The fraction of sp³-hybridized carbons (Fsp3) is 0.421. The Hall–Kier alpha value is -2.43. The molecule has 2 amide bonds. The third kappa shape index (κ3) is 1.57. The maximum atomic E-state index is 13.0. The van der Waals surface area contributed by atoms with Gasteiger partial charge in [-0.05, 0) is 54.4 Å². The zero-order valence-electron chi connectivity index (χ0n) is 13.3. The monoisotopic (exact) mass is 323 g/mol. The van der Waals surface area contributed by atoms with Crippen molar-refractivity contribution in [3.63, 3.8) is 0 Å². The molecule has 5 nitrogen and oxygen atoms in total. The van der Waals surface area contributed by atoms with E-state index < -0.39 is 5.97 Å². The van der Waals surface area contributed by atoms with Gasteiger partial charge in [0.2, 0.25) is 11.8 Å². The molecule has 122 valence electrons. The van der Waals surface area contributed by atoms with Crippen LogP contribution in [0.25, 0.3) is 0 Å². The molecule has 0 unspecified atom stereocenters. The summed E-state index contributed by atoms with van der Waals surface area (Å²) in [4.78, 5) is 38.2. The van der Waals surface area contributed by atoms with E-state index in [4.69, 9.17) is 4.74 Å². The SMILES string of the molecule is CC(=O)Oc1ccc(N2C(=O)[C@@H]3[C@H](C2=O)[C@H]2C=C[C@@H]3C23CC3)cc1. The minimum absolute atomic E-state index is 0.0756. The van der Waals surface area contributed by atoms with Crippen molar-refractivity contribution < 1.29 is 19.1 Å². The van der Waals surface area contributed by atoms with E-state index in [1.54, 1.807) is 24.3 Å². The van der Waals surface area contributed by atoms with Gasteiger partial charge < -0.3 is 4.74 Å². The predicted molar refractivity (Wildman–Crippen MR) is 85.0 cm³/mol. The van der Waals surface area contributed by atoms with E-state index >= 15 is 0 Å². The van der Waals surface area contributed by atoms with E-state index in [0.29, 0.717) is 11.4 Å². The summed E-state index contributed by atoms with van der Waals surface area (Å²) in [6.45, 7) is 1.33. The number of anilines is 1.